The first kappa shape index (κ1) is 11.3. The van der Waals surface area contributed by atoms with Crippen LogP contribution in [0, 0.1) is 23.7 Å². The smallest absolute Gasteiger partial charge is 0.0131 e. The van der Waals surface area contributed by atoms with Crippen molar-refractivity contribution in [1.29, 1.82) is 0 Å². The molecule has 3 fully saturated rings. The number of hydrogen-bond donors (Lipinski definition) is 0. The maximum absolute atomic E-state index is 2.57. The van der Waals surface area contributed by atoms with Crippen molar-refractivity contribution in [3.63, 3.8) is 0 Å². The van der Waals surface area contributed by atoms with Gasteiger partial charge in [0.2, 0.25) is 0 Å². The summed E-state index contributed by atoms with van der Waals surface area (Å²) in [7, 11) is 0. The van der Waals surface area contributed by atoms with Crippen molar-refractivity contribution in [2.45, 2.75) is 64.2 Å². The molecule has 4 rings (SSSR count). The van der Waals surface area contributed by atoms with Gasteiger partial charge in [-0.1, -0.05) is 42.6 Å². The largest absolute Gasteiger partial charge is 0.0665 e. The van der Waals surface area contributed by atoms with Crippen LogP contribution in [0.25, 0.3) is 0 Å². The third-order valence-corrected chi connectivity index (χ3v) is 6.30. The molecule has 4 unspecified atom stereocenters. The Bertz CT molecular complexity index is 387. The van der Waals surface area contributed by atoms with Gasteiger partial charge in [-0.2, -0.15) is 0 Å². The van der Waals surface area contributed by atoms with E-state index >= 15 is 0 Å². The molecule has 0 radical (unpaired) electrons. The Kier molecular flexibility index (Phi) is 2.86. The molecule has 4 atom stereocenters. The molecule has 18 heavy (non-hydrogen) atoms. The van der Waals surface area contributed by atoms with Crippen molar-refractivity contribution in [3.05, 3.63) is 23.3 Å². The molecule has 98 valence electrons. The van der Waals surface area contributed by atoms with Crippen LogP contribution in [0.15, 0.2) is 23.3 Å². The zero-order valence-electron chi connectivity index (χ0n) is 11.5. The lowest BCUT2D eigenvalue weighted by molar-refractivity contribution is 0.162. The summed E-state index contributed by atoms with van der Waals surface area (Å²) in [5, 5.41) is 0. The summed E-state index contributed by atoms with van der Waals surface area (Å²) in [6, 6.07) is 0. The molecule has 0 aromatic carbocycles. The molecule has 0 heterocycles. The summed E-state index contributed by atoms with van der Waals surface area (Å²) in [5.74, 6) is 3.96. The van der Waals surface area contributed by atoms with E-state index < -0.39 is 0 Å². The van der Waals surface area contributed by atoms with Crippen molar-refractivity contribution in [1.82, 2.24) is 0 Å². The van der Waals surface area contributed by atoms with Crippen molar-refractivity contribution in [2.24, 2.45) is 23.7 Å². The van der Waals surface area contributed by atoms with Crippen LogP contribution in [0.3, 0.4) is 0 Å². The Balaban J connectivity index is 1.65. The number of allylic oxidation sites excluding steroid dienone is 4. The number of hydrogen-bond acceptors (Lipinski definition) is 0. The van der Waals surface area contributed by atoms with Gasteiger partial charge in [0.25, 0.3) is 0 Å². The van der Waals surface area contributed by atoms with E-state index in [9.17, 15) is 0 Å². The lowest BCUT2D eigenvalue weighted by Gasteiger charge is -2.47. The van der Waals surface area contributed by atoms with E-state index in [0.29, 0.717) is 0 Å². The molecule has 0 amide bonds. The van der Waals surface area contributed by atoms with Gasteiger partial charge in [-0.15, -0.1) is 0 Å². The summed E-state index contributed by atoms with van der Waals surface area (Å²) in [6.45, 7) is 0. The lowest BCUT2D eigenvalue weighted by Crippen LogP contribution is -2.36. The molecular formula is C18H26. The van der Waals surface area contributed by atoms with E-state index in [4.69, 9.17) is 0 Å². The summed E-state index contributed by atoms with van der Waals surface area (Å²) in [4.78, 5) is 0. The van der Waals surface area contributed by atoms with Crippen molar-refractivity contribution in [2.75, 3.05) is 0 Å². The van der Waals surface area contributed by atoms with E-state index in [2.05, 4.69) is 12.2 Å². The summed E-state index contributed by atoms with van der Waals surface area (Å²) in [5.41, 5.74) is 3.70. The first-order chi connectivity index (χ1) is 8.93. The highest BCUT2D eigenvalue weighted by atomic mass is 14.5. The molecule has 0 aromatic rings. The Morgan fingerprint density at radius 2 is 1.50 bits per heavy atom. The van der Waals surface area contributed by atoms with Crippen LogP contribution in [0.1, 0.15) is 64.2 Å². The highest BCUT2D eigenvalue weighted by Crippen LogP contribution is 2.53. The van der Waals surface area contributed by atoms with Crippen molar-refractivity contribution >= 4 is 0 Å². The molecule has 0 saturated heterocycles. The maximum Gasteiger partial charge on any atom is -0.0131 e. The summed E-state index contributed by atoms with van der Waals surface area (Å²) >= 11 is 0. The molecule has 4 aliphatic carbocycles. The molecule has 0 aliphatic heterocycles. The summed E-state index contributed by atoms with van der Waals surface area (Å²) in [6.07, 6.45) is 20.0. The van der Waals surface area contributed by atoms with Gasteiger partial charge in [0.1, 0.15) is 0 Å². The number of fused-ring (bicyclic) bond motifs is 5. The third kappa shape index (κ3) is 1.72. The first-order valence-electron chi connectivity index (χ1n) is 8.34. The Morgan fingerprint density at radius 1 is 0.667 bits per heavy atom. The van der Waals surface area contributed by atoms with Gasteiger partial charge in [-0.25, -0.2) is 0 Å². The Labute approximate surface area is 112 Å². The fourth-order valence-electron chi connectivity index (χ4n) is 5.44. The van der Waals surface area contributed by atoms with E-state index in [0.717, 1.165) is 23.7 Å². The zero-order chi connectivity index (χ0) is 11.9. The normalized spacial score (nSPS) is 43.1. The van der Waals surface area contributed by atoms with E-state index in [-0.39, 0.29) is 0 Å². The van der Waals surface area contributed by atoms with Crippen LogP contribution >= 0.6 is 0 Å². The number of rotatable bonds is 0. The fourth-order valence-corrected chi connectivity index (χ4v) is 5.44. The minimum absolute atomic E-state index is 0.960. The topological polar surface area (TPSA) is 0 Å². The van der Waals surface area contributed by atoms with Gasteiger partial charge >= 0.3 is 0 Å². The lowest BCUT2D eigenvalue weighted by atomic mass is 9.58. The van der Waals surface area contributed by atoms with E-state index in [1.54, 1.807) is 0 Å². The predicted octanol–water partition coefficient (Wildman–Crippen LogP) is 5.26. The minimum atomic E-state index is 0.960. The van der Waals surface area contributed by atoms with E-state index in [1.165, 1.54) is 64.2 Å². The summed E-state index contributed by atoms with van der Waals surface area (Å²) < 4.78 is 0. The zero-order valence-corrected chi connectivity index (χ0v) is 11.5. The van der Waals surface area contributed by atoms with E-state index in [1.807, 2.05) is 11.1 Å². The molecular weight excluding hydrogens is 216 g/mol. The predicted molar refractivity (Wildman–Crippen MR) is 76.3 cm³/mol. The van der Waals surface area contributed by atoms with Crippen LogP contribution < -0.4 is 0 Å². The third-order valence-electron chi connectivity index (χ3n) is 6.30. The van der Waals surface area contributed by atoms with Crippen LogP contribution in [0.5, 0.6) is 0 Å². The molecule has 0 heteroatoms. The van der Waals surface area contributed by atoms with Crippen molar-refractivity contribution < 1.29 is 0 Å². The van der Waals surface area contributed by atoms with Gasteiger partial charge in [0, 0.05) is 0 Å². The Hall–Kier alpha value is -0.520. The van der Waals surface area contributed by atoms with Gasteiger partial charge in [0.15, 0.2) is 0 Å². The molecule has 0 bridgehead atoms. The molecule has 0 N–H and O–H groups in total. The van der Waals surface area contributed by atoms with Gasteiger partial charge < -0.3 is 0 Å². The second-order valence-corrected chi connectivity index (χ2v) is 7.10. The quantitative estimate of drug-likeness (QED) is 0.543. The maximum atomic E-state index is 2.57. The van der Waals surface area contributed by atoms with Crippen LogP contribution in [-0.2, 0) is 0 Å². The van der Waals surface area contributed by atoms with Crippen LogP contribution in [0.2, 0.25) is 0 Å². The van der Waals surface area contributed by atoms with Gasteiger partial charge in [-0.3, -0.25) is 0 Å². The van der Waals surface area contributed by atoms with Gasteiger partial charge in [-0.05, 0) is 68.6 Å². The molecule has 0 aromatic heterocycles. The fraction of sp³-hybridized carbons (Fsp3) is 0.778. The monoisotopic (exact) mass is 242 g/mol. The second-order valence-electron chi connectivity index (χ2n) is 7.10. The first-order valence-corrected chi connectivity index (χ1v) is 8.34. The highest BCUT2D eigenvalue weighted by Gasteiger charge is 2.41. The minimum Gasteiger partial charge on any atom is -0.0665 e. The molecule has 3 saturated carbocycles. The Morgan fingerprint density at radius 3 is 2.50 bits per heavy atom. The van der Waals surface area contributed by atoms with Gasteiger partial charge in [0.05, 0.1) is 0 Å². The standard InChI is InChI=1S/C18H26/c1-3-7-15-13(5-1)9-11-18-16-8-4-2-6-14(16)10-12-17(15)18/h9,11,14-17H,1-8,10,12H2. The van der Waals surface area contributed by atoms with Crippen LogP contribution in [-0.4, -0.2) is 0 Å². The van der Waals surface area contributed by atoms with Crippen molar-refractivity contribution in [3.8, 4) is 0 Å². The molecule has 0 nitrogen and oxygen atoms in total. The molecule has 0 spiro atoms. The highest BCUT2D eigenvalue weighted by molar-refractivity contribution is 5.33. The van der Waals surface area contributed by atoms with Crippen LogP contribution in [0.4, 0.5) is 0 Å². The SMILES string of the molecule is C1=C2CCCCC2C2CCC3CCCCC3C2=C1. The molecule has 4 aliphatic rings. The average Bonchev–Trinajstić information content (AvgIpc) is 2.46. The second kappa shape index (κ2) is 4.54. The average molecular weight is 242 g/mol.